The van der Waals surface area contributed by atoms with Crippen molar-refractivity contribution in [1.82, 2.24) is 10.3 Å². The lowest BCUT2D eigenvalue weighted by atomic mass is 10.1. The van der Waals surface area contributed by atoms with E-state index >= 15 is 0 Å². The molecule has 2 N–H and O–H groups in total. The Morgan fingerprint density at radius 3 is 2.54 bits per heavy atom. The molecule has 5 nitrogen and oxygen atoms in total. The van der Waals surface area contributed by atoms with E-state index in [9.17, 15) is 18.0 Å². The first-order valence-corrected chi connectivity index (χ1v) is 7.86. The molecule has 1 aromatic heterocycles. The summed E-state index contributed by atoms with van der Waals surface area (Å²) < 4.78 is 43.4. The van der Waals surface area contributed by atoms with Crippen molar-refractivity contribution in [2.24, 2.45) is 0 Å². The number of oxazole rings is 1. The molecule has 136 valence electrons. The van der Waals surface area contributed by atoms with Crippen molar-refractivity contribution in [3.05, 3.63) is 53.6 Å². The Hall–Kier alpha value is -2.87. The number of hydrogen-bond acceptors (Lipinski definition) is 4. The lowest BCUT2D eigenvalue weighted by Crippen LogP contribution is -2.24. The molecule has 3 aromatic rings. The summed E-state index contributed by atoms with van der Waals surface area (Å²) in [7, 11) is 0. The number of amides is 1. The van der Waals surface area contributed by atoms with Crippen LogP contribution in [-0.2, 0) is 6.18 Å². The molecule has 0 radical (unpaired) electrons. The Balaban J connectivity index is 1.84. The van der Waals surface area contributed by atoms with Gasteiger partial charge < -0.3 is 14.8 Å². The highest BCUT2D eigenvalue weighted by molar-refractivity contribution is 5.97. The fraction of sp³-hybridized carbons (Fsp3) is 0.222. The smallest absolute Gasteiger partial charge is 0.416 e. The Morgan fingerprint density at radius 1 is 1.15 bits per heavy atom. The van der Waals surface area contributed by atoms with Gasteiger partial charge in [0.15, 0.2) is 5.58 Å². The molecule has 1 amide bonds. The summed E-state index contributed by atoms with van der Waals surface area (Å²) in [5.74, 6) is -0.133. The van der Waals surface area contributed by atoms with Crippen molar-refractivity contribution < 1.29 is 27.5 Å². The van der Waals surface area contributed by atoms with Crippen molar-refractivity contribution >= 4 is 17.0 Å². The van der Waals surface area contributed by atoms with Crippen LogP contribution in [0.15, 0.2) is 46.9 Å². The summed E-state index contributed by atoms with van der Waals surface area (Å²) in [5, 5.41) is 11.4. The van der Waals surface area contributed by atoms with Crippen LogP contribution in [0.2, 0.25) is 0 Å². The standard InChI is InChI=1S/C18H15F3N2O3/c19-18(20,21)13-5-2-11(3-6-13)17-23-14-10-12(4-7-15(14)26-17)16(25)22-8-1-9-24/h2-7,10,24H,1,8-9H2,(H,22,25). The van der Waals surface area contributed by atoms with Gasteiger partial charge in [-0.2, -0.15) is 13.2 Å². The predicted octanol–water partition coefficient (Wildman–Crippen LogP) is 3.63. The minimum Gasteiger partial charge on any atom is -0.436 e. The van der Waals surface area contributed by atoms with Gasteiger partial charge in [0.2, 0.25) is 5.89 Å². The third kappa shape index (κ3) is 3.85. The number of aromatic nitrogens is 1. The normalized spacial score (nSPS) is 11.7. The van der Waals surface area contributed by atoms with Gasteiger partial charge in [0.1, 0.15) is 5.52 Å². The number of carbonyl (C=O) groups excluding carboxylic acids is 1. The van der Waals surface area contributed by atoms with Crippen LogP contribution in [0.1, 0.15) is 22.3 Å². The Labute approximate surface area is 146 Å². The molecular formula is C18H15F3N2O3. The molecule has 8 heteroatoms. The first-order chi connectivity index (χ1) is 12.4. The van der Waals surface area contributed by atoms with E-state index in [2.05, 4.69) is 10.3 Å². The van der Waals surface area contributed by atoms with Crippen LogP contribution in [0.3, 0.4) is 0 Å². The maximum absolute atomic E-state index is 12.6. The zero-order valence-electron chi connectivity index (χ0n) is 13.5. The zero-order valence-corrected chi connectivity index (χ0v) is 13.5. The second kappa shape index (κ2) is 7.17. The van der Waals surface area contributed by atoms with E-state index in [0.29, 0.717) is 35.2 Å². The average molecular weight is 364 g/mol. The molecule has 0 aliphatic carbocycles. The van der Waals surface area contributed by atoms with E-state index in [1.807, 2.05) is 0 Å². The highest BCUT2D eigenvalue weighted by Gasteiger charge is 2.30. The number of rotatable bonds is 5. The predicted molar refractivity (Wildman–Crippen MR) is 88.5 cm³/mol. The van der Waals surface area contributed by atoms with E-state index in [4.69, 9.17) is 9.52 Å². The van der Waals surface area contributed by atoms with E-state index in [-0.39, 0.29) is 18.4 Å². The summed E-state index contributed by atoms with van der Waals surface area (Å²) >= 11 is 0. The van der Waals surface area contributed by atoms with Gasteiger partial charge in [-0.15, -0.1) is 0 Å². The number of hydrogen-bond donors (Lipinski definition) is 2. The topological polar surface area (TPSA) is 75.4 Å². The molecule has 0 aliphatic heterocycles. The molecule has 0 bridgehead atoms. The number of fused-ring (bicyclic) bond motifs is 1. The maximum atomic E-state index is 12.6. The average Bonchev–Trinajstić information content (AvgIpc) is 3.04. The summed E-state index contributed by atoms with van der Waals surface area (Å²) in [6, 6.07) is 9.19. The number of nitrogens with one attached hydrogen (secondary N) is 1. The summed E-state index contributed by atoms with van der Waals surface area (Å²) in [6.07, 6.45) is -3.95. The van der Waals surface area contributed by atoms with Gasteiger partial charge in [-0.3, -0.25) is 4.79 Å². The summed E-state index contributed by atoms with van der Waals surface area (Å²) in [4.78, 5) is 16.3. The molecule has 0 aliphatic rings. The second-order valence-electron chi connectivity index (χ2n) is 5.61. The number of alkyl halides is 3. The van der Waals surface area contributed by atoms with Crippen LogP contribution in [0, 0.1) is 0 Å². The quantitative estimate of drug-likeness (QED) is 0.678. The third-order valence-electron chi connectivity index (χ3n) is 3.73. The number of carbonyl (C=O) groups is 1. The van der Waals surface area contributed by atoms with Gasteiger partial charge in [0.25, 0.3) is 5.91 Å². The lowest BCUT2D eigenvalue weighted by molar-refractivity contribution is -0.137. The van der Waals surface area contributed by atoms with Gasteiger partial charge in [0.05, 0.1) is 5.56 Å². The molecule has 1 heterocycles. The molecule has 0 fully saturated rings. The van der Waals surface area contributed by atoms with Crippen LogP contribution in [0.4, 0.5) is 13.2 Å². The first kappa shape index (κ1) is 17.9. The van der Waals surface area contributed by atoms with Gasteiger partial charge in [-0.25, -0.2) is 4.98 Å². The van der Waals surface area contributed by atoms with E-state index < -0.39 is 11.7 Å². The van der Waals surface area contributed by atoms with Crippen LogP contribution < -0.4 is 5.32 Å². The van der Waals surface area contributed by atoms with Crippen LogP contribution in [0.5, 0.6) is 0 Å². The maximum Gasteiger partial charge on any atom is 0.416 e. The Bertz CT molecular complexity index is 918. The molecule has 0 saturated heterocycles. The van der Waals surface area contributed by atoms with Gasteiger partial charge in [0, 0.05) is 24.3 Å². The highest BCUT2D eigenvalue weighted by Crippen LogP contribution is 2.31. The fourth-order valence-corrected chi connectivity index (χ4v) is 2.38. The summed E-state index contributed by atoms with van der Waals surface area (Å²) in [6.45, 7) is 0.335. The van der Waals surface area contributed by atoms with Crippen molar-refractivity contribution in [3.63, 3.8) is 0 Å². The first-order valence-electron chi connectivity index (χ1n) is 7.86. The van der Waals surface area contributed by atoms with E-state index in [0.717, 1.165) is 12.1 Å². The van der Waals surface area contributed by atoms with Crippen LogP contribution >= 0.6 is 0 Å². The number of aliphatic hydroxyl groups excluding tert-OH is 1. The Kier molecular flexibility index (Phi) is 4.94. The minimum absolute atomic E-state index is 0.0148. The van der Waals surface area contributed by atoms with E-state index in [1.165, 1.54) is 12.1 Å². The van der Waals surface area contributed by atoms with Crippen LogP contribution in [0.25, 0.3) is 22.6 Å². The molecular weight excluding hydrogens is 349 g/mol. The highest BCUT2D eigenvalue weighted by atomic mass is 19.4. The SMILES string of the molecule is O=C(NCCCO)c1ccc2oc(-c3ccc(C(F)(F)F)cc3)nc2c1. The molecule has 0 unspecified atom stereocenters. The molecule has 3 rings (SSSR count). The van der Waals surface area contributed by atoms with Crippen molar-refractivity contribution in [2.45, 2.75) is 12.6 Å². The van der Waals surface area contributed by atoms with Gasteiger partial charge in [-0.05, 0) is 48.9 Å². The van der Waals surface area contributed by atoms with Crippen molar-refractivity contribution in [2.75, 3.05) is 13.2 Å². The zero-order chi connectivity index (χ0) is 18.7. The monoisotopic (exact) mass is 364 g/mol. The number of halogens is 3. The molecule has 0 saturated carbocycles. The molecule has 26 heavy (non-hydrogen) atoms. The molecule has 2 aromatic carbocycles. The summed E-state index contributed by atoms with van der Waals surface area (Å²) in [5.41, 5.74) is 0.881. The van der Waals surface area contributed by atoms with Crippen molar-refractivity contribution in [1.29, 1.82) is 0 Å². The molecule has 0 atom stereocenters. The number of nitrogens with zero attached hydrogens (tertiary/aromatic N) is 1. The largest absolute Gasteiger partial charge is 0.436 e. The fourth-order valence-electron chi connectivity index (χ4n) is 2.38. The van der Waals surface area contributed by atoms with E-state index in [1.54, 1.807) is 18.2 Å². The Morgan fingerprint density at radius 2 is 1.88 bits per heavy atom. The van der Waals surface area contributed by atoms with Crippen molar-refractivity contribution in [3.8, 4) is 11.5 Å². The van der Waals surface area contributed by atoms with Gasteiger partial charge in [-0.1, -0.05) is 0 Å². The third-order valence-corrected chi connectivity index (χ3v) is 3.73. The van der Waals surface area contributed by atoms with Crippen LogP contribution in [-0.4, -0.2) is 29.1 Å². The number of aliphatic hydroxyl groups is 1. The number of benzene rings is 2. The van der Waals surface area contributed by atoms with Gasteiger partial charge >= 0.3 is 6.18 Å². The lowest BCUT2D eigenvalue weighted by Gasteiger charge is -2.05. The minimum atomic E-state index is -4.40. The second-order valence-corrected chi connectivity index (χ2v) is 5.61. The molecule has 0 spiro atoms.